The maximum atomic E-state index is 5.59. The van der Waals surface area contributed by atoms with Crippen molar-refractivity contribution in [2.45, 2.75) is 38.3 Å². The summed E-state index contributed by atoms with van der Waals surface area (Å²) in [6, 6.07) is 13.1. The fraction of sp³-hybridized carbons (Fsp3) is 0.478. The van der Waals surface area contributed by atoms with Crippen LogP contribution in [0.25, 0.3) is 0 Å². The highest BCUT2D eigenvalue weighted by Crippen LogP contribution is 2.25. The Labute approximate surface area is 173 Å². The number of likely N-dealkylation sites (tertiary alicyclic amines) is 1. The fourth-order valence-corrected chi connectivity index (χ4v) is 4.06. The Hall–Kier alpha value is -2.60. The Kier molecular flexibility index (Phi) is 6.62. The highest BCUT2D eigenvalue weighted by molar-refractivity contribution is 5.79. The second kappa shape index (κ2) is 9.74. The van der Waals surface area contributed by atoms with Crippen LogP contribution in [0.2, 0.25) is 0 Å². The van der Waals surface area contributed by atoms with Gasteiger partial charge in [-0.05, 0) is 48.6 Å². The predicted octanol–water partition coefficient (Wildman–Crippen LogP) is 2.39. The van der Waals surface area contributed by atoms with Crippen LogP contribution >= 0.6 is 0 Å². The highest BCUT2D eigenvalue weighted by atomic mass is 16.5. The average Bonchev–Trinajstić information content (AvgIpc) is 3.23. The van der Waals surface area contributed by atoms with E-state index in [1.165, 1.54) is 11.1 Å². The zero-order chi connectivity index (χ0) is 19.9. The SMILES string of the molecule is CN=C(NCCc1ccc2c(c1)CCO2)NC1CCN(Cc2ccccn2)CC1. The van der Waals surface area contributed by atoms with Crippen LogP contribution in [0.15, 0.2) is 47.6 Å². The van der Waals surface area contributed by atoms with Crippen LogP contribution < -0.4 is 15.4 Å². The Morgan fingerprint density at radius 3 is 2.93 bits per heavy atom. The Morgan fingerprint density at radius 1 is 1.24 bits per heavy atom. The summed E-state index contributed by atoms with van der Waals surface area (Å²) in [6.45, 7) is 4.79. The van der Waals surface area contributed by atoms with Crippen molar-refractivity contribution in [3.63, 3.8) is 0 Å². The van der Waals surface area contributed by atoms with Crippen molar-refractivity contribution in [3.8, 4) is 5.75 Å². The molecule has 6 nitrogen and oxygen atoms in total. The third-order valence-corrected chi connectivity index (χ3v) is 5.72. The molecule has 0 radical (unpaired) electrons. The molecule has 0 aliphatic carbocycles. The van der Waals surface area contributed by atoms with Crippen LogP contribution in [0.1, 0.15) is 29.7 Å². The second-order valence-electron chi connectivity index (χ2n) is 7.81. The molecule has 0 spiro atoms. The highest BCUT2D eigenvalue weighted by Gasteiger charge is 2.20. The van der Waals surface area contributed by atoms with E-state index in [1.54, 1.807) is 0 Å². The minimum absolute atomic E-state index is 0.471. The standard InChI is InChI=1S/C23H31N5O/c1-24-23(26-12-7-18-5-6-22-19(16-18)10-15-29-22)27-20-8-13-28(14-9-20)17-21-4-2-3-11-25-21/h2-6,11,16,20H,7-10,12-15,17H2,1H3,(H2,24,26,27). The molecule has 2 aliphatic heterocycles. The third-order valence-electron chi connectivity index (χ3n) is 5.72. The van der Waals surface area contributed by atoms with Gasteiger partial charge in [-0.1, -0.05) is 18.2 Å². The summed E-state index contributed by atoms with van der Waals surface area (Å²) in [7, 11) is 1.85. The molecule has 29 heavy (non-hydrogen) atoms. The van der Waals surface area contributed by atoms with Gasteiger partial charge in [0, 0.05) is 51.9 Å². The first-order valence-corrected chi connectivity index (χ1v) is 10.6. The summed E-state index contributed by atoms with van der Waals surface area (Å²) in [5, 5.41) is 7.06. The predicted molar refractivity (Wildman–Crippen MR) is 116 cm³/mol. The summed E-state index contributed by atoms with van der Waals surface area (Å²) in [6.07, 6.45) is 6.13. The van der Waals surface area contributed by atoms with Crippen molar-refractivity contribution in [2.24, 2.45) is 4.99 Å². The molecule has 2 N–H and O–H groups in total. The summed E-state index contributed by atoms with van der Waals surface area (Å²) in [5.41, 5.74) is 3.83. The molecule has 6 heteroatoms. The van der Waals surface area contributed by atoms with Gasteiger partial charge in [0.1, 0.15) is 5.75 Å². The zero-order valence-corrected chi connectivity index (χ0v) is 17.2. The molecule has 0 amide bonds. The first-order valence-electron chi connectivity index (χ1n) is 10.6. The molecule has 3 heterocycles. The molecule has 2 aliphatic rings. The number of hydrogen-bond donors (Lipinski definition) is 2. The number of pyridine rings is 1. The topological polar surface area (TPSA) is 61.8 Å². The van der Waals surface area contributed by atoms with E-state index in [1.807, 2.05) is 19.3 Å². The lowest BCUT2D eigenvalue weighted by Gasteiger charge is -2.32. The number of aliphatic imine (C=N–C) groups is 1. The van der Waals surface area contributed by atoms with Crippen molar-refractivity contribution in [1.82, 2.24) is 20.5 Å². The first-order chi connectivity index (χ1) is 14.3. The van der Waals surface area contributed by atoms with E-state index >= 15 is 0 Å². The summed E-state index contributed by atoms with van der Waals surface area (Å²) >= 11 is 0. The normalized spacial score (nSPS) is 17.6. The quantitative estimate of drug-likeness (QED) is 0.583. The van der Waals surface area contributed by atoms with Crippen LogP contribution in [0.4, 0.5) is 0 Å². The van der Waals surface area contributed by atoms with Crippen molar-refractivity contribution >= 4 is 5.96 Å². The fourth-order valence-electron chi connectivity index (χ4n) is 4.06. The number of fused-ring (bicyclic) bond motifs is 1. The average molecular weight is 394 g/mol. The van der Waals surface area contributed by atoms with Gasteiger partial charge in [0.05, 0.1) is 12.3 Å². The summed E-state index contributed by atoms with van der Waals surface area (Å²) < 4.78 is 5.59. The van der Waals surface area contributed by atoms with Crippen molar-refractivity contribution < 1.29 is 4.74 Å². The van der Waals surface area contributed by atoms with E-state index in [0.29, 0.717) is 6.04 Å². The van der Waals surface area contributed by atoms with Gasteiger partial charge in [-0.3, -0.25) is 14.9 Å². The number of piperidine rings is 1. The smallest absolute Gasteiger partial charge is 0.191 e. The van der Waals surface area contributed by atoms with Gasteiger partial charge in [-0.2, -0.15) is 0 Å². The number of benzene rings is 1. The van der Waals surface area contributed by atoms with Gasteiger partial charge in [-0.25, -0.2) is 0 Å². The van der Waals surface area contributed by atoms with Crippen molar-refractivity contribution in [1.29, 1.82) is 0 Å². The number of ether oxygens (including phenoxy) is 1. The maximum Gasteiger partial charge on any atom is 0.191 e. The van der Waals surface area contributed by atoms with E-state index in [-0.39, 0.29) is 0 Å². The Bertz CT molecular complexity index is 815. The summed E-state index contributed by atoms with van der Waals surface area (Å²) in [5.74, 6) is 1.95. The van der Waals surface area contributed by atoms with E-state index < -0.39 is 0 Å². The molecule has 1 aromatic heterocycles. The van der Waals surface area contributed by atoms with Crippen LogP contribution in [-0.4, -0.2) is 55.2 Å². The van der Waals surface area contributed by atoms with Gasteiger partial charge >= 0.3 is 0 Å². The molecule has 4 rings (SSSR count). The molecule has 1 aromatic carbocycles. The van der Waals surface area contributed by atoms with Crippen LogP contribution in [-0.2, 0) is 19.4 Å². The third kappa shape index (κ3) is 5.48. The molecule has 0 saturated carbocycles. The van der Waals surface area contributed by atoms with Gasteiger partial charge in [-0.15, -0.1) is 0 Å². The minimum atomic E-state index is 0.471. The van der Waals surface area contributed by atoms with Gasteiger partial charge in [0.15, 0.2) is 5.96 Å². The molecule has 1 saturated heterocycles. The number of guanidine groups is 1. The lowest BCUT2D eigenvalue weighted by atomic mass is 10.0. The number of aromatic nitrogens is 1. The Morgan fingerprint density at radius 2 is 2.14 bits per heavy atom. The van der Waals surface area contributed by atoms with Gasteiger partial charge in [0.2, 0.25) is 0 Å². The summed E-state index contributed by atoms with van der Waals surface area (Å²) in [4.78, 5) is 11.3. The lowest BCUT2D eigenvalue weighted by molar-refractivity contribution is 0.196. The van der Waals surface area contributed by atoms with Crippen molar-refractivity contribution in [3.05, 3.63) is 59.4 Å². The van der Waals surface area contributed by atoms with E-state index in [2.05, 4.69) is 55.8 Å². The second-order valence-corrected chi connectivity index (χ2v) is 7.81. The Balaban J connectivity index is 1.18. The number of nitrogens with zero attached hydrogens (tertiary/aromatic N) is 3. The molecule has 0 atom stereocenters. The largest absolute Gasteiger partial charge is 0.493 e. The van der Waals surface area contributed by atoms with Crippen LogP contribution in [0.5, 0.6) is 5.75 Å². The zero-order valence-electron chi connectivity index (χ0n) is 17.2. The molecular weight excluding hydrogens is 362 g/mol. The van der Waals surface area contributed by atoms with Crippen LogP contribution in [0, 0.1) is 0 Å². The van der Waals surface area contributed by atoms with E-state index in [0.717, 1.165) is 75.9 Å². The lowest BCUT2D eigenvalue weighted by Crippen LogP contribution is -2.48. The molecule has 0 unspecified atom stereocenters. The molecule has 1 fully saturated rings. The van der Waals surface area contributed by atoms with Crippen LogP contribution in [0.3, 0.4) is 0 Å². The first kappa shape index (κ1) is 19.7. The number of nitrogens with one attached hydrogen (secondary N) is 2. The molecule has 2 aromatic rings. The number of hydrogen-bond acceptors (Lipinski definition) is 4. The molecule has 0 bridgehead atoms. The monoisotopic (exact) mass is 393 g/mol. The number of rotatable bonds is 6. The van der Waals surface area contributed by atoms with Gasteiger partial charge in [0.25, 0.3) is 0 Å². The molecular formula is C23H31N5O. The van der Waals surface area contributed by atoms with Gasteiger partial charge < -0.3 is 15.4 Å². The molecule has 154 valence electrons. The van der Waals surface area contributed by atoms with E-state index in [4.69, 9.17) is 4.74 Å². The minimum Gasteiger partial charge on any atom is -0.493 e. The maximum absolute atomic E-state index is 5.59. The van der Waals surface area contributed by atoms with E-state index in [9.17, 15) is 0 Å². The van der Waals surface area contributed by atoms with Crippen molar-refractivity contribution in [2.75, 3.05) is 33.3 Å².